The standard InChI is InChI=1S/C13H24N2/c1-3-13(9-14-11-15(2)10-13)12-7-5-4-6-8-12/h7,14H,3-6,8-11H2,1-2H3/t13-/m1/s1. The molecule has 0 amide bonds. The summed E-state index contributed by atoms with van der Waals surface area (Å²) in [5.74, 6) is 0. The second-order valence-electron chi connectivity index (χ2n) is 5.21. The van der Waals surface area contributed by atoms with Gasteiger partial charge in [0.2, 0.25) is 0 Å². The summed E-state index contributed by atoms with van der Waals surface area (Å²) >= 11 is 0. The SMILES string of the molecule is CC[C@@]1(C2=CCCCC2)CNCN(C)C1. The van der Waals surface area contributed by atoms with Crippen LogP contribution in [0.2, 0.25) is 0 Å². The molecule has 0 saturated carbocycles. The first-order valence-corrected chi connectivity index (χ1v) is 6.36. The predicted molar refractivity (Wildman–Crippen MR) is 64.8 cm³/mol. The molecule has 1 fully saturated rings. The first kappa shape index (κ1) is 11.2. The van der Waals surface area contributed by atoms with E-state index in [2.05, 4.69) is 30.3 Å². The molecule has 15 heavy (non-hydrogen) atoms. The molecule has 0 aromatic carbocycles. The Morgan fingerprint density at radius 1 is 1.47 bits per heavy atom. The fourth-order valence-electron chi connectivity index (χ4n) is 3.11. The first-order chi connectivity index (χ1) is 7.27. The number of nitrogens with zero attached hydrogens (tertiary/aromatic N) is 1. The van der Waals surface area contributed by atoms with Gasteiger partial charge in [0.1, 0.15) is 0 Å². The van der Waals surface area contributed by atoms with Crippen LogP contribution in [0, 0.1) is 5.41 Å². The fraction of sp³-hybridized carbons (Fsp3) is 0.846. The van der Waals surface area contributed by atoms with Crippen LogP contribution < -0.4 is 5.32 Å². The lowest BCUT2D eigenvalue weighted by Crippen LogP contribution is -2.53. The molecule has 0 aromatic rings. The Morgan fingerprint density at radius 3 is 2.93 bits per heavy atom. The van der Waals surface area contributed by atoms with E-state index >= 15 is 0 Å². The summed E-state index contributed by atoms with van der Waals surface area (Å²) in [6.07, 6.45) is 9.23. The molecule has 2 nitrogen and oxygen atoms in total. The van der Waals surface area contributed by atoms with Crippen molar-refractivity contribution in [3.8, 4) is 0 Å². The van der Waals surface area contributed by atoms with Gasteiger partial charge in [0, 0.05) is 25.2 Å². The van der Waals surface area contributed by atoms with E-state index in [0.29, 0.717) is 5.41 Å². The Balaban J connectivity index is 2.15. The average molecular weight is 208 g/mol. The zero-order valence-corrected chi connectivity index (χ0v) is 10.2. The van der Waals surface area contributed by atoms with E-state index in [-0.39, 0.29) is 0 Å². The summed E-state index contributed by atoms with van der Waals surface area (Å²) in [6, 6.07) is 0. The molecule has 0 bridgehead atoms. The molecule has 1 N–H and O–H groups in total. The van der Waals surface area contributed by atoms with Crippen molar-refractivity contribution in [3.63, 3.8) is 0 Å². The van der Waals surface area contributed by atoms with Gasteiger partial charge in [0.05, 0.1) is 0 Å². The quantitative estimate of drug-likeness (QED) is 0.701. The molecule has 86 valence electrons. The van der Waals surface area contributed by atoms with Gasteiger partial charge in [-0.1, -0.05) is 18.6 Å². The lowest BCUT2D eigenvalue weighted by Gasteiger charge is -2.44. The maximum atomic E-state index is 3.56. The molecule has 1 saturated heterocycles. The summed E-state index contributed by atoms with van der Waals surface area (Å²) in [6.45, 7) is 5.81. The summed E-state index contributed by atoms with van der Waals surface area (Å²) in [5.41, 5.74) is 2.17. The molecule has 0 unspecified atom stereocenters. The second-order valence-corrected chi connectivity index (χ2v) is 5.21. The molecule has 1 heterocycles. The Labute approximate surface area is 93.7 Å². The largest absolute Gasteiger partial charge is 0.303 e. The molecule has 1 aliphatic heterocycles. The Hall–Kier alpha value is -0.340. The van der Waals surface area contributed by atoms with Crippen LogP contribution in [0.15, 0.2) is 11.6 Å². The molecule has 0 radical (unpaired) electrons. The molecule has 2 aliphatic rings. The zero-order chi connectivity index (χ0) is 10.7. The number of nitrogens with one attached hydrogen (secondary N) is 1. The van der Waals surface area contributed by atoms with Crippen molar-refractivity contribution >= 4 is 0 Å². The topological polar surface area (TPSA) is 15.3 Å². The van der Waals surface area contributed by atoms with Crippen molar-refractivity contribution in [2.45, 2.75) is 39.0 Å². The lowest BCUT2D eigenvalue weighted by molar-refractivity contribution is 0.130. The van der Waals surface area contributed by atoms with Crippen LogP contribution >= 0.6 is 0 Å². The van der Waals surface area contributed by atoms with Crippen LogP contribution in [0.4, 0.5) is 0 Å². The van der Waals surface area contributed by atoms with Gasteiger partial charge >= 0.3 is 0 Å². The van der Waals surface area contributed by atoms with Crippen molar-refractivity contribution in [2.24, 2.45) is 5.41 Å². The summed E-state index contributed by atoms with van der Waals surface area (Å²) in [4.78, 5) is 2.42. The highest BCUT2D eigenvalue weighted by atomic mass is 15.2. The summed E-state index contributed by atoms with van der Waals surface area (Å²) in [7, 11) is 2.22. The van der Waals surface area contributed by atoms with Gasteiger partial charge in [-0.3, -0.25) is 4.90 Å². The molecule has 2 rings (SSSR count). The minimum Gasteiger partial charge on any atom is -0.303 e. The van der Waals surface area contributed by atoms with Crippen molar-refractivity contribution in [1.29, 1.82) is 0 Å². The number of rotatable bonds is 2. The fourth-order valence-corrected chi connectivity index (χ4v) is 3.11. The van der Waals surface area contributed by atoms with Crippen molar-refractivity contribution in [2.75, 3.05) is 26.8 Å². The lowest BCUT2D eigenvalue weighted by atomic mass is 9.72. The zero-order valence-electron chi connectivity index (χ0n) is 10.2. The van der Waals surface area contributed by atoms with Gasteiger partial charge in [-0.05, 0) is 39.2 Å². The number of allylic oxidation sites excluding steroid dienone is 1. The minimum absolute atomic E-state index is 0.438. The van der Waals surface area contributed by atoms with Crippen LogP contribution in [0.25, 0.3) is 0 Å². The minimum atomic E-state index is 0.438. The van der Waals surface area contributed by atoms with Gasteiger partial charge in [-0.2, -0.15) is 0 Å². The van der Waals surface area contributed by atoms with Gasteiger partial charge < -0.3 is 5.32 Å². The maximum absolute atomic E-state index is 3.56. The molecule has 0 aromatic heterocycles. The first-order valence-electron chi connectivity index (χ1n) is 6.36. The van der Waals surface area contributed by atoms with Crippen molar-refractivity contribution in [3.05, 3.63) is 11.6 Å². The highest BCUT2D eigenvalue weighted by Gasteiger charge is 2.36. The van der Waals surface area contributed by atoms with Gasteiger partial charge in [-0.15, -0.1) is 0 Å². The van der Waals surface area contributed by atoms with E-state index in [1.807, 2.05) is 0 Å². The monoisotopic (exact) mass is 208 g/mol. The molecule has 0 spiro atoms. The van der Waals surface area contributed by atoms with E-state index in [0.717, 1.165) is 6.67 Å². The highest BCUT2D eigenvalue weighted by molar-refractivity contribution is 5.19. The van der Waals surface area contributed by atoms with Gasteiger partial charge in [0.25, 0.3) is 0 Å². The molecular weight excluding hydrogens is 184 g/mol. The third-order valence-corrected chi connectivity index (χ3v) is 4.07. The average Bonchev–Trinajstić information content (AvgIpc) is 2.30. The van der Waals surface area contributed by atoms with E-state index < -0.39 is 0 Å². The van der Waals surface area contributed by atoms with E-state index in [9.17, 15) is 0 Å². The highest BCUT2D eigenvalue weighted by Crippen LogP contribution is 2.38. The van der Waals surface area contributed by atoms with Crippen molar-refractivity contribution < 1.29 is 0 Å². The number of hydrogen-bond acceptors (Lipinski definition) is 2. The third kappa shape index (κ3) is 2.26. The summed E-state index contributed by atoms with van der Waals surface area (Å²) in [5, 5.41) is 3.56. The predicted octanol–water partition coefficient (Wildman–Crippen LogP) is 2.38. The third-order valence-electron chi connectivity index (χ3n) is 4.07. The molecular formula is C13H24N2. The molecule has 1 aliphatic carbocycles. The summed E-state index contributed by atoms with van der Waals surface area (Å²) < 4.78 is 0. The normalized spacial score (nSPS) is 33.9. The molecule has 1 atom stereocenters. The van der Waals surface area contributed by atoms with E-state index in [1.165, 1.54) is 45.2 Å². The van der Waals surface area contributed by atoms with Crippen LogP contribution in [0.1, 0.15) is 39.0 Å². The van der Waals surface area contributed by atoms with Crippen LogP contribution in [-0.4, -0.2) is 31.7 Å². The van der Waals surface area contributed by atoms with Gasteiger partial charge in [0.15, 0.2) is 0 Å². The van der Waals surface area contributed by atoms with Gasteiger partial charge in [-0.25, -0.2) is 0 Å². The smallest absolute Gasteiger partial charge is 0.0478 e. The van der Waals surface area contributed by atoms with E-state index in [1.54, 1.807) is 5.57 Å². The molecule has 2 heteroatoms. The van der Waals surface area contributed by atoms with Crippen LogP contribution in [0.3, 0.4) is 0 Å². The second kappa shape index (κ2) is 4.67. The van der Waals surface area contributed by atoms with Crippen LogP contribution in [-0.2, 0) is 0 Å². The van der Waals surface area contributed by atoms with E-state index in [4.69, 9.17) is 0 Å². The number of hydrogen-bond donors (Lipinski definition) is 1. The Morgan fingerprint density at radius 2 is 2.33 bits per heavy atom. The Bertz CT molecular complexity index is 247. The maximum Gasteiger partial charge on any atom is 0.0478 e. The Kier molecular flexibility index (Phi) is 3.47. The van der Waals surface area contributed by atoms with Crippen LogP contribution in [0.5, 0.6) is 0 Å². The van der Waals surface area contributed by atoms with Crippen molar-refractivity contribution in [1.82, 2.24) is 10.2 Å².